The molecule has 0 amide bonds. The number of carbonyl (C=O) groups excluding carboxylic acids is 1. The highest BCUT2D eigenvalue weighted by atomic mass is 16.5. The van der Waals surface area contributed by atoms with Crippen molar-refractivity contribution in [2.45, 2.75) is 39.5 Å². The molecule has 0 saturated carbocycles. The van der Waals surface area contributed by atoms with Gasteiger partial charge in [0.2, 0.25) is 0 Å². The molecule has 1 rings (SSSR count). The van der Waals surface area contributed by atoms with E-state index in [1.807, 2.05) is 6.92 Å². The van der Waals surface area contributed by atoms with Crippen molar-refractivity contribution in [3.05, 3.63) is 22.8 Å². The fourth-order valence-corrected chi connectivity index (χ4v) is 2.00. The van der Waals surface area contributed by atoms with Crippen LogP contribution in [0, 0.1) is 0 Å². The lowest BCUT2D eigenvalue weighted by Gasteiger charge is -2.18. The van der Waals surface area contributed by atoms with Gasteiger partial charge in [0.1, 0.15) is 0 Å². The van der Waals surface area contributed by atoms with E-state index in [9.17, 15) is 4.79 Å². The normalized spacial score (nSPS) is 16.6. The van der Waals surface area contributed by atoms with E-state index in [4.69, 9.17) is 4.74 Å². The highest BCUT2D eigenvalue weighted by molar-refractivity contribution is 6.00. The number of ether oxygens (including phenoxy) is 1. The minimum Gasteiger partial charge on any atom is -0.384 e. The molecule has 0 aromatic carbocycles. The van der Waals surface area contributed by atoms with Crippen LogP contribution in [-0.2, 0) is 9.53 Å². The van der Waals surface area contributed by atoms with Crippen LogP contribution in [0.2, 0.25) is 0 Å². The summed E-state index contributed by atoms with van der Waals surface area (Å²) in [7, 11) is 1.70. The van der Waals surface area contributed by atoms with Crippen molar-refractivity contribution in [2.24, 2.45) is 0 Å². The van der Waals surface area contributed by atoms with Gasteiger partial charge in [-0.1, -0.05) is 18.6 Å². The Kier molecular flexibility index (Phi) is 4.76. The van der Waals surface area contributed by atoms with Gasteiger partial charge in [0, 0.05) is 19.1 Å². The summed E-state index contributed by atoms with van der Waals surface area (Å²) in [5.74, 6) is 0.273. The second-order valence-electron chi connectivity index (χ2n) is 3.94. The van der Waals surface area contributed by atoms with Crippen LogP contribution in [0.4, 0.5) is 0 Å². The van der Waals surface area contributed by atoms with Crippen LogP contribution >= 0.6 is 0 Å². The van der Waals surface area contributed by atoms with Crippen molar-refractivity contribution in [3.8, 4) is 0 Å². The van der Waals surface area contributed by atoms with E-state index in [1.165, 1.54) is 11.1 Å². The number of hydrogen-bond donors (Lipinski definition) is 0. The SMILES string of the molecule is CCC(=O)C1=C(C)CCC=C1CCOC. The molecule has 0 saturated heterocycles. The van der Waals surface area contributed by atoms with E-state index in [-0.39, 0.29) is 5.78 Å². The molecule has 84 valence electrons. The average Bonchev–Trinajstić information content (AvgIpc) is 2.25. The van der Waals surface area contributed by atoms with E-state index in [0.717, 1.165) is 24.8 Å². The minimum absolute atomic E-state index is 0.273. The Morgan fingerprint density at radius 2 is 2.27 bits per heavy atom. The molecule has 0 bridgehead atoms. The van der Waals surface area contributed by atoms with Crippen molar-refractivity contribution in [3.63, 3.8) is 0 Å². The van der Waals surface area contributed by atoms with Gasteiger partial charge >= 0.3 is 0 Å². The van der Waals surface area contributed by atoms with Crippen LogP contribution in [0.15, 0.2) is 22.8 Å². The molecule has 0 spiro atoms. The molecular formula is C13H20O2. The van der Waals surface area contributed by atoms with Gasteiger partial charge in [-0.25, -0.2) is 0 Å². The molecule has 2 heteroatoms. The quantitative estimate of drug-likeness (QED) is 0.694. The van der Waals surface area contributed by atoms with Crippen molar-refractivity contribution in [2.75, 3.05) is 13.7 Å². The maximum atomic E-state index is 11.8. The monoisotopic (exact) mass is 208 g/mol. The summed E-state index contributed by atoms with van der Waals surface area (Å²) in [5, 5.41) is 0. The van der Waals surface area contributed by atoms with Crippen molar-refractivity contribution < 1.29 is 9.53 Å². The van der Waals surface area contributed by atoms with Gasteiger partial charge in [-0.05, 0) is 31.8 Å². The summed E-state index contributed by atoms with van der Waals surface area (Å²) < 4.78 is 5.07. The molecule has 0 fully saturated rings. The van der Waals surface area contributed by atoms with Crippen LogP contribution in [0.25, 0.3) is 0 Å². The molecule has 0 aromatic rings. The number of allylic oxidation sites excluding steroid dienone is 3. The third-order valence-electron chi connectivity index (χ3n) is 2.83. The third kappa shape index (κ3) is 3.03. The number of carbonyl (C=O) groups is 1. The fourth-order valence-electron chi connectivity index (χ4n) is 2.00. The van der Waals surface area contributed by atoms with E-state index in [1.54, 1.807) is 7.11 Å². The zero-order chi connectivity index (χ0) is 11.3. The molecular weight excluding hydrogens is 188 g/mol. The number of Topliss-reactive ketones (excluding diaryl/α,β-unsaturated/α-hetero) is 1. The standard InChI is InChI=1S/C13H20O2/c1-4-12(14)13-10(2)6-5-7-11(13)8-9-15-3/h7H,4-6,8-9H2,1-3H3. The molecule has 15 heavy (non-hydrogen) atoms. The Morgan fingerprint density at radius 3 is 2.87 bits per heavy atom. The molecule has 0 aromatic heterocycles. The summed E-state index contributed by atoms with van der Waals surface area (Å²) in [6.07, 6.45) is 5.73. The summed E-state index contributed by atoms with van der Waals surface area (Å²) in [6.45, 7) is 4.69. The first kappa shape index (κ1) is 12.2. The second-order valence-corrected chi connectivity index (χ2v) is 3.94. The molecule has 1 aliphatic carbocycles. The van der Waals surface area contributed by atoms with Gasteiger partial charge in [-0.2, -0.15) is 0 Å². The van der Waals surface area contributed by atoms with E-state index in [2.05, 4.69) is 13.0 Å². The van der Waals surface area contributed by atoms with Crippen LogP contribution in [-0.4, -0.2) is 19.5 Å². The zero-order valence-corrected chi connectivity index (χ0v) is 9.93. The molecule has 0 aliphatic heterocycles. The highest BCUT2D eigenvalue weighted by Gasteiger charge is 2.18. The topological polar surface area (TPSA) is 26.3 Å². The molecule has 0 atom stereocenters. The number of rotatable bonds is 5. The Morgan fingerprint density at radius 1 is 1.53 bits per heavy atom. The molecule has 2 nitrogen and oxygen atoms in total. The third-order valence-corrected chi connectivity index (χ3v) is 2.83. The van der Waals surface area contributed by atoms with Gasteiger partial charge in [0.05, 0.1) is 6.61 Å². The van der Waals surface area contributed by atoms with Crippen molar-refractivity contribution >= 4 is 5.78 Å². The first-order valence-electron chi connectivity index (χ1n) is 5.62. The Hall–Kier alpha value is -0.890. The maximum Gasteiger partial charge on any atom is 0.162 e. The van der Waals surface area contributed by atoms with Crippen molar-refractivity contribution in [1.82, 2.24) is 0 Å². The van der Waals surface area contributed by atoms with Gasteiger partial charge in [0.15, 0.2) is 5.78 Å². The van der Waals surface area contributed by atoms with Gasteiger partial charge in [0.25, 0.3) is 0 Å². The second kappa shape index (κ2) is 5.86. The van der Waals surface area contributed by atoms with Gasteiger partial charge in [-0.15, -0.1) is 0 Å². The Labute approximate surface area is 92.0 Å². The molecule has 0 radical (unpaired) electrons. The van der Waals surface area contributed by atoms with Crippen LogP contribution in [0.3, 0.4) is 0 Å². The smallest absolute Gasteiger partial charge is 0.162 e. The number of ketones is 1. The largest absolute Gasteiger partial charge is 0.384 e. The van der Waals surface area contributed by atoms with Crippen LogP contribution in [0.5, 0.6) is 0 Å². The summed E-state index contributed by atoms with van der Waals surface area (Å²) in [6, 6.07) is 0. The lowest BCUT2D eigenvalue weighted by molar-refractivity contribution is -0.115. The summed E-state index contributed by atoms with van der Waals surface area (Å²) >= 11 is 0. The van der Waals surface area contributed by atoms with Crippen molar-refractivity contribution in [1.29, 1.82) is 0 Å². The predicted molar refractivity (Wildman–Crippen MR) is 61.8 cm³/mol. The molecule has 0 heterocycles. The molecule has 0 N–H and O–H groups in total. The van der Waals surface area contributed by atoms with Crippen LogP contribution in [0.1, 0.15) is 39.5 Å². The maximum absolute atomic E-state index is 11.8. The van der Waals surface area contributed by atoms with E-state index >= 15 is 0 Å². The Bertz CT molecular complexity index is 298. The predicted octanol–water partition coefficient (Wildman–Crippen LogP) is 3.04. The zero-order valence-electron chi connectivity index (χ0n) is 9.93. The number of hydrogen-bond acceptors (Lipinski definition) is 2. The molecule has 0 unspecified atom stereocenters. The average molecular weight is 208 g/mol. The summed E-state index contributed by atoms with van der Waals surface area (Å²) in [5.41, 5.74) is 3.41. The number of methoxy groups -OCH3 is 1. The van der Waals surface area contributed by atoms with Crippen LogP contribution < -0.4 is 0 Å². The van der Waals surface area contributed by atoms with Gasteiger partial charge in [-0.3, -0.25) is 4.79 Å². The first-order valence-corrected chi connectivity index (χ1v) is 5.62. The first-order chi connectivity index (χ1) is 7.20. The Balaban J connectivity index is 2.84. The fraction of sp³-hybridized carbons (Fsp3) is 0.615. The molecule has 1 aliphatic rings. The summed E-state index contributed by atoms with van der Waals surface area (Å²) in [4.78, 5) is 11.8. The van der Waals surface area contributed by atoms with E-state index < -0.39 is 0 Å². The van der Waals surface area contributed by atoms with E-state index in [0.29, 0.717) is 13.0 Å². The lowest BCUT2D eigenvalue weighted by Crippen LogP contribution is -2.11. The lowest BCUT2D eigenvalue weighted by atomic mass is 9.87. The highest BCUT2D eigenvalue weighted by Crippen LogP contribution is 2.28. The minimum atomic E-state index is 0.273. The van der Waals surface area contributed by atoms with Gasteiger partial charge < -0.3 is 4.74 Å².